The predicted molar refractivity (Wildman–Crippen MR) is 63.7 cm³/mol. The van der Waals surface area contributed by atoms with Gasteiger partial charge in [0, 0.05) is 12.5 Å². The molecule has 1 N–H and O–H groups in total. The average molecular weight is 228 g/mol. The van der Waals surface area contributed by atoms with Gasteiger partial charge in [-0.2, -0.15) is 0 Å². The summed E-state index contributed by atoms with van der Waals surface area (Å²) in [4.78, 5) is 10.8. The van der Waals surface area contributed by atoms with Gasteiger partial charge in [0.15, 0.2) is 18.9 Å². The van der Waals surface area contributed by atoms with Crippen molar-refractivity contribution in [2.45, 2.75) is 13.0 Å². The summed E-state index contributed by atoms with van der Waals surface area (Å²) in [5, 5.41) is 8.88. The molecule has 2 rings (SSSR count). The quantitative estimate of drug-likeness (QED) is 0.812. The largest absolute Gasteiger partial charge is 0.477 e. The minimum absolute atomic E-state index is 0.320. The molecule has 0 spiro atoms. The maximum Gasteiger partial charge on any atom is 0.341 e. The molecule has 0 amide bonds. The molecule has 1 aromatic heterocycles. The van der Waals surface area contributed by atoms with Crippen LogP contribution in [-0.2, 0) is 13.0 Å². The van der Waals surface area contributed by atoms with Crippen LogP contribution in [0.4, 0.5) is 0 Å². The molecule has 3 heteroatoms. The molecule has 0 unspecified atom stereocenters. The number of hydrogen-bond acceptors (Lipinski definition) is 1. The number of pyridine rings is 1. The SMILES string of the molecule is O=C(O)c1ccc[n+](CCc2ccccc2)c1. The van der Waals surface area contributed by atoms with E-state index in [4.69, 9.17) is 5.11 Å². The zero-order chi connectivity index (χ0) is 12.1. The number of carboxylic acids is 1. The summed E-state index contributed by atoms with van der Waals surface area (Å²) >= 11 is 0. The molecule has 0 saturated carbocycles. The molecule has 17 heavy (non-hydrogen) atoms. The van der Waals surface area contributed by atoms with Crippen molar-refractivity contribution in [2.24, 2.45) is 0 Å². The first-order valence-electron chi connectivity index (χ1n) is 5.52. The fourth-order valence-electron chi connectivity index (χ4n) is 1.69. The molecule has 0 aliphatic heterocycles. The van der Waals surface area contributed by atoms with Gasteiger partial charge in [0.05, 0.1) is 0 Å². The second-order valence-electron chi connectivity index (χ2n) is 3.87. The molecular formula is C14H14NO2+. The van der Waals surface area contributed by atoms with Gasteiger partial charge in [-0.3, -0.25) is 0 Å². The highest BCUT2D eigenvalue weighted by atomic mass is 16.4. The van der Waals surface area contributed by atoms with Gasteiger partial charge in [0.1, 0.15) is 5.56 Å². The predicted octanol–water partition coefficient (Wildman–Crippen LogP) is 1.91. The van der Waals surface area contributed by atoms with E-state index in [-0.39, 0.29) is 0 Å². The van der Waals surface area contributed by atoms with Crippen molar-refractivity contribution in [3.8, 4) is 0 Å². The first kappa shape index (κ1) is 11.3. The number of aromatic nitrogens is 1. The third kappa shape index (κ3) is 3.14. The number of carbonyl (C=O) groups is 1. The molecule has 0 aliphatic rings. The van der Waals surface area contributed by atoms with Gasteiger partial charge < -0.3 is 5.11 Å². The van der Waals surface area contributed by atoms with Crippen molar-refractivity contribution in [3.63, 3.8) is 0 Å². The van der Waals surface area contributed by atoms with Crippen molar-refractivity contribution in [2.75, 3.05) is 0 Å². The molecule has 0 radical (unpaired) electrons. The number of hydrogen-bond donors (Lipinski definition) is 1. The zero-order valence-corrected chi connectivity index (χ0v) is 9.41. The normalized spacial score (nSPS) is 10.1. The molecule has 86 valence electrons. The van der Waals surface area contributed by atoms with Crippen LogP contribution in [0.2, 0.25) is 0 Å². The first-order chi connectivity index (χ1) is 8.25. The third-order valence-corrected chi connectivity index (χ3v) is 2.61. The molecule has 0 bridgehead atoms. The first-order valence-corrected chi connectivity index (χ1v) is 5.52. The van der Waals surface area contributed by atoms with Crippen LogP contribution < -0.4 is 4.57 Å². The number of rotatable bonds is 4. The lowest BCUT2D eigenvalue weighted by molar-refractivity contribution is -0.696. The Labute approximate surface area is 100.0 Å². The fraction of sp³-hybridized carbons (Fsp3) is 0.143. The van der Waals surface area contributed by atoms with E-state index in [1.807, 2.05) is 29.0 Å². The smallest absolute Gasteiger partial charge is 0.341 e. The molecular weight excluding hydrogens is 214 g/mol. The van der Waals surface area contributed by atoms with Gasteiger partial charge in [-0.1, -0.05) is 30.3 Å². The Morgan fingerprint density at radius 3 is 2.59 bits per heavy atom. The van der Waals surface area contributed by atoms with Crippen LogP contribution in [0.15, 0.2) is 54.9 Å². The standard InChI is InChI=1S/C14H13NO2/c16-14(17)13-7-4-9-15(11-13)10-8-12-5-2-1-3-6-12/h1-7,9,11H,8,10H2/p+1. The Hall–Kier alpha value is -2.16. The highest BCUT2D eigenvalue weighted by Crippen LogP contribution is 2.00. The molecule has 0 saturated heterocycles. The van der Waals surface area contributed by atoms with Crippen molar-refractivity contribution in [1.82, 2.24) is 0 Å². The van der Waals surface area contributed by atoms with Crippen LogP contribution in [0.1, 0.15) is 15.9 Å². The second-order valence-corrected chi connectivity index (χ2v) is 3.87. The summed E-state index contributed by atoms with van der Waals surface area (Å²) in [7, 11) is 0. The van der Waals surface area contributed by atoms with E-state index in [2.05, 4.69) is 12.1 Å². The summed E-state index contributed by atoms with van der Waals surface area (Å²) in [6, 6.07) is 13.5. The van der Waals surface area contributed by atoms with E-state index in [0.29, 0.717) is 5.56 Å². The molecule has 1 heterocycles. The van der Waals surface area contributed by atoms with Crippen molar-refractivity contribution in [1.29, 1.82) is 0 Å². The van der Waals surface area contributed by atoms with E-state index < -0.39 is 5.97 Å². The lowest BCUT2D eigenvalue weighted by Crippen LogP contribution is -2.34. The van der Waals surface area contributed by atoms with E-state index in [1.54, 1.807) is 18.3 Å². The van der Waals surface area contributed by atoms with Crippen LogP contribution in [0.3, 0.4) is 0 Å². The monoisotopic (exact) mass is 228 g/mol. The highest BCUT2D eigenvalue weighted by Gasteiger charge is 2.08. The van der Waals surface area contributed by atoms with E-state index in [9.17, 15) is 4.79 Å². The van der Waals surface area contributed by atoms with Crippen LogP contribution >= 0.6 is 0 Å². The number of benzene rings is 1. The van der Waals surface area contributed by atoms with Crippen LogP contribution in [0.25, 0.3) is 0 Å². The zero-order valence-electron chi connectivity index (χ0n) is 9.41. The van der Waals surface area contributed by atoms with Crippen molar-refractivity contribution < 1.29 is 14.5 Å². The third-order valence-electron chi connectivity index (χ3n) is 2.61. The number of aromatic carboxylic acids is 1. The Kier molecular flexibility index (Phi) is 3.50. The van der Waals surface area contributed by atoms with Gasteiger partial charge in [-0.25, -0.2) is 9.36 Å². The van der Waals surface area contributed by atoms with E-state index in [0.717, 1.165) is 13.0 Å². The molecule has 0 fully saturated rings. The van der Waals surface area contributed by atoms with E-state index >= 15 is 0 Å². The lowest BCUT2D eigenvalue weighted by Gasteiger charge is -1.99. The average Bonchev–Trinajstić information content (AvgIpc) is 2.38. The summed E-state index contributed by atoms with van der Waals surface area (Å²) in [5.74, 6) is -0.890. The van der Waals surface area contributed by atoms with Gasteiger partial charge in [0.2, 0.25) is 0 Å². The molecule has 3 nitrogen and oxygen atoms in total. The number of aryl methyl sites for hydroxylation is 2. The van der Waals surface area contributed by atoms with Crippen LogP contribution in [0, 0.1) is 0 Å². The van der Waals surface area contributed by atoms with Gasteiger partial charge >= 0.3 is 5.97 Å². The molecule has 0 aliphatic carbocycles. The molecule has 0 atom stereocenters. The Balaban J connectivity index is 2.04. The Morgan fingerprint density at radius 1 is 1.12 bits per heavy atom. The minimum Gasteiger partial charge on any atom is -0.477 e. The Morgan fingerprint density at radius 2 is 1.88 bits per heavy atom. The number of nitrogens with zero attached hydrogens (tertiary/aromatic N) is 1. The van der Waals surface area contributed by atoms with Gasteiger partial charge in [-0.15, -0.1) is 0 Å². The number of carboxylic acid groups (broad SMARTS) is 1. The summed E-state index contributed by atoms with van der Waals surface area (Å²) in [6.07, 6.45) is 4.44. The maximum absolute atomic E-state index is 10.8. The second kappa shape index (κ2) is 5.25. The fourth-order valence-corrected chi connectivity index (χ4v) is 1.69. The Bertz CT molecular complexity index is 509. The van der Waals surface area contributed by atoms with Gasteiger partial charge in [-0.05, 0) is 11.6 Å². The molecule has 2 aromatic rings. The van der Waals surface area contributed by atoms with Crippen molar-refractivity contribution in [3.05, 3.63) is 66.0 Å². The van der Waals surface area contributed by atoms with E-state index in [1.165, 1.54) is 5.56 Å². The lowest BCUT2D eigenvalue weighted by atomic mass is 10.1. The minimum atomic E-state index is -0.890. The maximum atomic E-state index is 10.8. The van der Waals surface area contributed by atoms with Crippen LogP contribution in [-0.4, -0.2) is 11.1 Å². The van der Waals surface area contributed by atoms with Crippen LogP contribution in [0.5, 0.6) is 0 Å². The summed E-state index contributed by atoms with van der Waals surface area (Å²) in [6.45, 7) is 0.783. The topological polar surface area (TPSA) is 41.2 Å². The summed E-state index contributed by atoms with van der Waals surface area (Å²) < 4.78 is 1.90. The molecule has 1 aromatic carbocycles. The highest BCUT2D eigenvalue weighted by molar-refractivity contribution is 5.86. The summed E-state index contributed by atoms with van der Waals surface area (Å²) in [5.41, 5.74) is 1.57. The van der Waals surface area contributed by atoms with Crippen molar-refractivity contribution >= 4 is 5.97 Å². The van der Waals surface area contributed by atoms with Gasteiger partial charge in [0.25, 0.3) is 0 Å².